The van der Waals surface area contributed by atoms with E-state index in [1.54, 1.807) is 16.8 Å². The summed E-state index contributed by atoms with van der Waals surface area (Å²) in [5.74, 6) is 0.219. The van der Waals surface area contributed by atoms with Crippen LogP contribution >= 0.6 is 0 Å². The summed E-state index contributed by atoms with van der Waals surface area (Å²) in [5.41, 5.74) is 2.73. The van der Waals surface area contributed by atoms with E-state index in [1.807, 2.05) is 19.2 Å². The van der Waals surface area contributed by atoms with Crippen molar-refractivity contribution in [1.82, 2.24) is 24.9 Å². The fraction of sp³-hybridized carbons (Fsp3) is 0.400. The Morgan fingerprint density at radius 2 is 2.03 bits per heavy atom. The number of pyridine rings is 1. The van der Waals surface area contributed by atoms with Crippen molar-refractivity contribution in [2.75, 3.05) is 11.4 Å². The third-order valence-corrected chi connectivity index (χ3v) is 8.02. The second-order valence-electron chi connectivity index (χ2n) is 10.1. The molecule has 0 spiro atoms. The standard InChI is InChI=1S/C20H25B4FN6O/c1-10-19(21,22)20(23,24)16-12(7-11(25)8-26-16)14-3-2-5-30(14)15-4-6-31-17(29-15)13(9-27-31)18(32)28-10/h4,6-10,14H,2-3,5,21-24H2,1H3,(H,28,32)/t10-,14?/m1/s1. The van der Waals surface area contributed by atoms with E-state index in [4.69, 9.17) is 4.98 Å². The van der Waals surface area contributed by atoms with E-state index >= 15 is 0 Å². The molecule has 12 heteroatoms. The quantitative estimate of drug-likeness (QED) is 0.444. The molecule has 32 heavy (non-hydrogen) atoms. The van der Waals surface area contributed by atoms with Crippen LogP contribution in [0.3, 0.4) is 0 Å². The van der Waals surface area contributed by atoms with Gasteiger partial charge in [0.2, 0.25) is 0 Å². The first kappa shape index (κ1) is 21.1. The molecule has 2 aliphatic heterocycles. The molecule has 3 aromatic rings. The maximum Gasteiger partial charge on any atom is 0.256 e. The molecule has 1 saturated heterocycles. The molecule has 7 nitrogen and oxygen atoms in total. The normalized spacial score (nSPS) is 24.2. The molecule has 1 fully saturated rings. The lowest BCUT2D eigenvalue weighted by Crippen LogP contribution is -2.55. The van der Waals surface area contributed by atoms with E-state index in [1.165, 1.54) is 6.20 Å². The highest BCUT2D eigenvalue weighted by Crippen LogP contribution is 2.45. The van der Waals surface area contributed by atoms with Gasteiger partial charge in [-0.15, -0.1) is 0 Å². The van der Waals surface area contributed by atoms with Gasteiger partial charge in [-0.05, 0) is 42.7 Å². The summed E-state index contributed by atoms with van der Waals surface area (Å²) in [6.45, 7) is 2.81. The van der Waals surface area contributed by atoms with Crippen LogP contribution in [-0.4, -0.2) is 69.5 Å². The number of anilines is 1. The monoisotopic (exact) mass is 428 g/mol. The Bertz CT molecular complexity index is 1230. The van der Waals surface area contributed by atoms with Crippen molar-refractivity contribution in [2.45, 2.75) is 42.3 Å². The van der Waals surface area contributed by atoms with Crippen LogP contribution in [0, 0.1) is 5.82 Å². The maximum atomic E-state index is 14.5. The Hall–Kier alpha value is -2.77. The number of carbonyl (C=O) groups excluding carboxylic acids is 1. The number of aromatic nitrogens is 4. The fourth-order valence-electron chi connectivity index (χ4n) is 5.08. The number of nitrogens with zero attached hydrogens (tertiary/aromatic N) is 5. The Morgan fingerprint density at radius 1 is 1.25 bits per heavy atom. The second kappa shape index (κ2) is 7.12. The average molecular weight is 428 g/mol. The SMILES string of the molecule is BC1(B)c2ncc(F)cc2C2CCCN2c2ccn3ncc(c3n2)C(=O)N[C@H](C)C1(B)B. The second-order valence-corrected chi connectivity index (χ2v) is 10.1. The van der Waals surface area contributed by atoms with E-state index in [2.05, 4.69) is 51.7 Å². The molecule has 1 amide bonds. The van der Waals surface area contributed by atoms with E-state index in [0.717, 1.165) is 36.5 Å². The first-order valence-electron chi connectivity index (χ1n) is 11.2. The number of amides is 1. The van der Waals surface area contributed by atoms with Gasteiger partial charge in [0.1, 0.15) is 48.6 Å². The van der Waals surface area contributed by atoms with Crippen LogP contribution in [0.25, 0.3) is 5.65 Å². The Kier molecular flexibility index (Phi) is 4.69. The van der Waals surface area contributed by atoms with Crippen molar-refractivity contribution in [2.24, 2.45) is 0 Å². The Morgan fingerprint density at radius 3 is 2.81 bits per heavy atom. The van der Waals surface area contributed by atoms with Crippen molar-refractivity contribution in [3.8, 4) is 0 Å². The number of halogens is 1. The van der Waals surface area contributed by atoms with Gasteiger partial charge in [0.05, 0.1) is 18.4 Å². The summed E-state index contributed by atoms with van der Waals surface area (Å²) >= 11 is 0. The van der Waals surface area contributed by atoms with E-state index in [0.29, 0.717) is 11.2 Å². The molecule has 3 aromatic heterocycles. The molecular formula is C20H25B4FN6O. The zero-order chi connectivity index (χ0) is 22.8. The van der Waals surface area contributed by atoms with E-state index in [9.17, 15) is 9.18 Å². The van der Waals surface area contributed by atoms with Gasteiger partial charge in [0, 0.05) is 24.5 Å². The van der Waals surface area contributed by atoms with Crippen LogP contribution in [0.15, 0.2) is 30.7 Å². The predicted molar refractivity (Wildman–Crippen MR) is 132 cm³/mol. The molecule has 1 N–H and O–H groups in total. The highest BCUT2D eigenvalue weighted by molar-refractivity contribution is 6.54. The predicted octanol–water partition coefficient (Wildman–Crippen LogP) is -1.46. The van der Waals surface area contributed by atoms with Gasteiger partial charge >= 0.3 is 0 Å². The third-order valence-electron chi connectivity index (χ3n) is 8.02. The van der Waals surface area contributed by atoms with Crippen molar-refractivity contribution < 1.29 is 9.18 Å². The van der Waals surface area contributed by atoms with Gasteiger partial charge in [-0.3, -0.25) is 9.78 Å². The summed E-state index contributed by atoms with van der Waals surface area (Å²) in [7, 11) is 8.53. The fourth-order valence-corrected chi connectivity index (χ4v) is 5.08. The van der Waals surface area contributed by atoms with Gasteiger partial charge in [-0.25, -0.2) is 13.9 Å². The van der Waals surface area contributed by atoms with E-state index in [-0.39, 0.29) is 23.8 Å². The lowest BCUT2D eigenvalue weighted by Gasteiger charge is -2.47. The molecule has 5 rings (SSSR count). The molecule has 0 radical (unpaired) electrons. The smallest absolute Gasteiger partial charge is 0.256 e. The number of carbonyl (C=O) groups is 1. The topological polar surface area (TPSA) is 75.4 Å². The minimum Gasteiger partial charge on any atom is -0.350 e. The van der Waals surface area contributed by atoms with E-state index < -0.39 is 10.4 Å². The highest BCUT2D eigenvalue weighted by atomic mass is 19.1. The van der Waals surface area contributed by atoms with Crippen LogP contribution in [-0.2, 0) is 5.21 Å². The number of hydrogen-bond acceptors (Lipinski definition) is 5. The molecule has 0 aliphatic carbocycles. The van der Waals surface area contributed by atoms with Crippen molar-refractivity contribution in [3.63, 3.8) is 0 Å². The van der Waals surface area contributed by atoms with Crippen molar-refractivity contribution >= 4 is 48.8 Å². The van der Waals surface area contributed by atoms with Crippen LogP contribution in [0.4, 0.5) is 10.2 Å². The number of nitrogens with one attached hydrogen (secondary N) is 1. The van der Waals surface area contributed by atoms with Crippen LogP contribution < -0.4 is 10.2 Å². The molecule has 160 valence electrons. The molecule has 2 atom stereocenters. The Balaban J connectivity index is 1.79. The zero-order valence-corrected chi connectivity index (χ0v) is 19.2. The summed E-state index contributed by atoms with van der Waals surface area (Å²) in [5, 5.41) is 6.64. The third kappa shape index (κ3) is 2.98. The minimum atomic E-state index is -0.453. The average Bonchev–Trinajstić information content (AvgIpc) is 3.39. The van der Waals surface area contributed by atoms with Gasteiger partial charge in [-0.1, -0.05) is 5.21 Å². The van der Waals surface area contributed by atoms with Crippen molar-refractivity contribution in [1.29, 1.82) is 0 Å². The summed E-state index contributed by atoms with van der Waals surface area (Å²) in [4.78, 5) is 24.9. The number of hydrogen-bond donors (Lipinski definition) is 1. The lowest BCUT2D eigenvalue weighted by molar-refractivity contribution is 0.0936. The number of rotatable bonds is 0. The lowest BCUT2D eigenvalue weighted by atomic mass is 9.27. The molecule has 2 aliphatic rings. The highest BCUT2D eigenvalue weighted by Gasteiger charge is 2.46. The number of fused-ring (bicyclic) bond motifs is 5. The maximum absolute atomic E-state index is 14.5. The summed E-state index contributed by atoms with van der Waals surface area (Å²) in [6, 6.07) is 3.31. The minimum absolute atomic E-state index is 0.0377. The van der Waals surface area contributed by atoms with Gasteiger partial charge in [-0.2, -0.15) is 5.10 Å². The van der Waals surface area contributed by atoms with Crippen LogP contribution in [0.2, 0.25) is 5.21 Å². The van der Waals surface area contributed by atoms with Crippen LogP contribution in [0.5, 0.6) is 0 Å². The molecule has 0 saturated carbocycles. The molecule has 2 bridgehead atoms. The summed E-state index contributed by atoms with van der Waals surface area (Å²) < 4.78 is 16.1. The molecule has 1 unspecified atom stereocenters. The van der Waals surface area contributed by atoms with Crippen molar-refractivity contribution in [3.05, 3.63) is 53.4 Å². The van der Waals surface area contributed by atoms with Gasteiger partial charge < -0.3 is 10.2 Å². The molecular weight excluding hydrogens is 403 g/mol. The van der Waals surface area contributed by atoms with Crippen LogP contribution in [0.1, 0.15) is 47.4 Å². The molecule has 0 aromatic carbocycles. The zero-order valence-electron chi connectivity index (χ0n) is 19.2. The first-order valence-corrected chi connectivity index (χ1v) is 11.2. The largest absolute Gasteiger partial charge is 0.350 e. The molecule has 5 heterocycles. The van der Waals surface area contributed by atoms with Gasteiger partial charge in [0.25, 0.3) is 5.91 Å². The summed E-state index contributed by atoms with van der Waals surface area (Å²) in [6.07, 6.45) is 6.56. The Labute approximate surface area is 190 Å². The first-order chi connectivity index (χ1) is 15.1. The van der Waals surface area contributed by atoms with Gasteiger partial charge in [0.15, 0.2) is 5.65 Å².